The molecule has 1 amide bonds. The van der Waals surface area contributed by atoms with Crippen molar-refractivity contribution < 1.29 is 9.53 Å². The van der Waals surface area contributed by atoms with Gasteiger partial charge in [-0.2, -0.15) is 0 Å². The molecule has 0 atom stereocenters. The van der Waals surface area contributed by atoms with E-state index in [0.29, 0.717) is 12.2 Å². The number of pyridine rings is 1. The maximum Gasteiger partial charge on any atom is 0.234 e. The standard InChI is InChI=1S/C22H30N4O2/c1-15-13-18(23)22-19(24-15)5-4-6-20(22)28-17-9-7-16(8-10-17)25-21(27)14-26-11-2-3-12-26/h4-6,13,16-17H,2-3,7-12,14H2,1H3,(H2,23,24)(H,25,27). The summed E-state index contributed by atoms with van der Waals surface area (Å²) in [6.07, 6.45) is 6.35. The molecule has 2 aliphatic rings. The number of nitrogens with zero attached hydrogens (tertiary/aromatic N) is 2. The van der Waals surface area contributed by atoms with Gasteiger partial charge < -0.3 is 15.8 Å². The van der Waals surface area contributed by atoms with Crippen LogP contribution in [0.1, 0.15) is 44.2 Å². The molecule has 1 aromatic heterocycles. The van der Waals surface area contributed by atoms with Gasteiger partial charge in [0.1, 0.15) is 5.75 Å². The molecule has 1 aliphatic carbocycles. The fourth-order valence-electron chi connectivity index (χ4n) is 4.44. The van der Waals surface area contributed by atoms with Gasteiger partial charge in [0, 0.05) is 17.4 Å². The van der Waals surface area contributed by atoms with Crippen LogP contribution in [0.15, 0.2) is 24.3 Å². The normalized spacial score (nSPS) is 23.0. The van der Waals surface area contributed by atoms with Crippen LogP contribution in [0.4, 0.5) is 5.69 Å². The molecular weight excluding hydrogens is 352 g/mol. The van der Waals surface area contributed by atoms with E-state index < -0.39 is 0 Å². The van der Waals surface area contributed by atoms with Crippen LogP contribution in [-0.2, 0) is 4.79 Å². The summed E-state index contributed by atoms with van der Waals surface area (Å²) in [4.78, 5) is 19.1. The summed E-state index contributed by atoms with van der Waals surface area (Å²) in [6, 6.07) is 8.06. The lowest BCUT2D eigenvalue weighted by Crippen LogP contribution is -2.43. The molecule has 2 heterocycles. The van der Waals surface area contributed by atoms with Crippen LogP contribution in [0, 0.1) is 6.92 Å². The lowest BCUT2D eigenvalue weighted by atomic mass is 9.93. The molecule has 1 aliphatic heterocycles. The van der Waals surface area contributed by atoms with Crippen molar-refractivity contribution in [2.24, 2.45) is 0 Å². The maximum absolute atomic E-state index is 12.2. The van der Waals surface area contributed by atoms with Crippen LogP contribution < -0.4 is 15.8 Å². The number of hydrogen-bond acceptors (Lipinski definition) is 5. The zero-order chi connectivity index (χ0) is 19.5. The average Bonchev–Trinajstić information content (AvgIpc) is 3.16. The van der Waals surface area contributed by atoms with E-state index in [0.717, 1.165) is 61.1 Å². The quantitative estimate of drug-likeness (QED) is 0.831. The van der Waals surface area contributed by atoms with Crippen LogP contribution in [0.2, 0.25) is 0 Å². The van der Waals surface area contributed by atoms with Gasteiger partial charge in [-0.3, -0.25) is 14.7 Å². The van der Waals surface area contributed by atoms with Crippen LogP contribution >= 0.6 is 0 Å². The second-order valence-corrected chi connectivity index (χ2v) is 8.15. The summed E-state index contributed by atoms with van der Waals surface area (Å²) in [5.41, 5.74) is 8.73. The molecule has 6 heteroatoms. The van der Waals surface area contributed by atoms with E-state index in [2.05, 4.69) is 15.2 Å². The number of likely N-dealkylation sites (tertiary alicyclic amines) is 1. The first kappa shape index (κ1) is 19.0. The van der Waals surface area contributed by atoms with E-state index >= 15 is 0 Å². The van der Waals surface area contributed by atoms with Gasteiger partial charge in [0.05, 0.1) is 23.6 Å². The Morgan fingerprint density at radius 2 is 2.00 bits per heavy atom. The minimum absolute atomic E-state index is 0.151. The fraction of sp³-hybridized carbons (Fsp3) is 0.545. The summed E-state index contributed by atoms with van der Waals surface area (Å²) in [5, 5.41) is 4.11. The lowest BCUT2D eigenvalue weighted by Gasteiger charge is -2.30. The van der Waals surface area contributed by atoms with Gasteiger partial charge in [-0.25, -0.2) is 0 Å². The smallest absolute Gasteiger partial charge is 0.234 e. The molecule has 1 saturated heterocycles. The van der Waals surface area contributed by atoms with Crippen molar-refractivity contribution in [1.82, 2.24) is 15.2 Å². The highest BCUT2D eigenvalue weighted by molar-refractivity contribution is 5.95. The first-order valence-corrected chi connectivity index (χ1v) is 10.4. The molecule has 28 heavy (non-hydrogen) atoms. The Morgan fingerprint density at radius 3 is 2.75 bits per heavy atom. The van der Waals surface area contributed by atoms with Crippen molar-refractivity contribution in [2.45, 2.75) is 57.6 Å². The predicted molar refractivity (Wildman–Crippen MR) is 111 cm³/mol. The van der Waals surface area contributed by atoms with Crippen LogP contribution in [0.3, 0.4) is 0 Å². The molecule has 0 radical (unpaired) electrons. The minimum atomic E-state index is 0.151. The zero-order valence-electron chi connectivity index (χ0n) is 16.6. The number of nitrogens with one attached hydrogen (secondary N) is 1. The summed E-state index contributed by atoms with van der Waals surface area (Å²) in [7, 11) is 0. The van der Waals surface area contributed by atoms with Crippen molar-refractivity contribution in [3.63, 3.8) is 0 Å². The molecule has 0 unspecified atom stereocenters. The van der Waals surface area contributed by atoms with E-state index in [1.807, 2.05) is 31.2 Å². The minimum Gasteiger partial charge on any atom is -0.490 e. The number of hydrogen-bond donors (Lipinski definition) is 2. The monoisotopic (exact) mass is 382 g/mol. The van der Waals surface area contributed by atoms with E-state index in [4.69, 9.17) is 10.5 Å². The number of benzene rings is 1. The Morgan fingerprint density at radius 1 is 1.25 bits per heavy atom. The highest BCUT2D eigenvalue weighted by atomic mass is 16.5. The van der Waals surface area contributed by atoms with E-state index in [1.54, 1.807) is 0 Å². The molecule has 2 fully saturated rings. The second-order valence-electron chi connectivity index (χ2n) is 8.15. The number of amides is 1. The third-order valence-corrected chi connectivity index (χ3v) is 5.85. The Kier molecular flexibility index (Phi) is 5.67. The first-order chi connectivity index (χ1) is 13.6. The largest absolute Gasteiger partial charge is 0.490 e. The molecule has 2 aromatic rings. The molecule has 0 spiro atoms. The average molecular weight is 383 g/mol. The lowest BCUT2D eigenvalue weighted by molar-refractivity contribution is -0.123. The van der Waals surface area contributed by atoms with Gasteiger partial charge >= 0.3 is 0 Å². The van der Waals surface area contributed by atoms with Gasteiger partial charge in [-0.1, -0.05) is 6.07 Å². The third kappa shape index (κ3) is 4.38. The predicted octanol–water partition coefficient (Wildman–Crippen LogP) is 3.03. The molecule has 1 saturated carbocycles. The van der Waals surface area contributed by atoms with Crippen molar-refractivity contribution in [3.05, 3.63) is 30.0 Å². The highest BCUT2D eigenvalue weighted by Crippen LogP contribution is 2.33. The Bertz CT molecular complexity index is 840. The fourth-order valence-corrected chi connectivity index (χ4v) is 4.44. The van der Waals surface area contributed by atoms with Crippen LogP contribution in [0.25, 0.3) is 10.9 Å². The number of ether oxygens (including phenoxy) is 1. The van der Waals surface area contributed by atoms with Gasteiger partial charge in [0.2, 0.25) is 5.91 Å². The van der Waals surface area contributed by atoms with Crippen LogP contribution in [0.5, 0.6) is 5.75 Å². The molecule has 0 bridgehead atoms. The van der Waals surface area contributed by atoms with Gasteiger partial charge in [0.25, 0.3) is 0 Å². The molecule has 1 aromatic carbocycles. The van der Waals surface area contributed by atoms with E-state index in [1.165, 1.54) is 12.8 Å². The summed E-state index contributed by atoms with van der Waals surface area (Å²) >= 11 is 0. The second kappa shape index (κ2) is 8.35. The first-order valence-electron chi connectivity index (χ1n) is 10.4. The molecule has 150 valence electrons. The van der Waals surface area contributed by atoms with Crippen LogP contribution in [-0.4, -0.2) is 47.6 Å². The van der Waals surface area contributed by atoms with Crippen molar-refractivity contribution >= 4 is 22.5 Å². The highest BCUT2D eigenvalue weighted by Gasteiger charge is 2.25. The number of nitrogens with two attached hydrogens (primary N) is 1. The third-order valence-electron chi connectivity index (χ3n) is 5.85. The number of aryl methyl sites for hydroxylation is 1. The Balaban J connectivity index is 1.32. The molecule has 4 rings (SSSR count). The van der Waals surface area contributed by atoms with Gasteiger partial charge in [-0.15, -0.1) is 0 Å². The number of nitrogen functional groups attached to an aromatic ring is 1. The Hall–Kier alpha value is -2.34. The topological polar surface area (TPSA) is 80.5 Å². The van der Waals surface area contributed by atoms with Gasteiger partial charge in [-0.05, 0) is 76.7 Å². The molecule has 3 N–H and O–H groups in total. The van der Waals surface area contributed by atoms with E-state index in [-0.39, 0.29) is 18.1 Å². The number of rotatable bonds is 5. The Labute approximate surface area is 166 Å². The summed E-state index contributed by atoms with van der Waals surface area (Å²) in [6.45, 7) is 4.59. The molecular formula is C22H30N4O2. The number of aromatic nitrogens is 1. The van der Waals surface area contributed by atoms with Crippen molar-refractivity contribution in [1.29, 1.82) is 0 Å². The van der Waals surface area contributed by atoms with Crippen molar-refractivity contribution in [3.8, 4) is 5.75 Å². The van der Waals surface area contributed by atoms with E-state index in [9.17, 15) is 4.79 Å². The molecule has 6 nitrogen and oxygen atoms in total. The number of fused-ring (bicyclic) bond motifs is 1. The number of carbonyl (C=O) groups excluding carboxylic acids is 1. The zero-order valence-corrected chi connectivity index (χ0v) is 16.6. The van der Waals surface area contributed by atoms with Crippen molar-refractivity contribution in [2.75, 3.05) is 25.4 Å². The summed E-state index contributed by atoms with van der Waals surface area (Å²) < 4.78 is 6.31. The van der Waals surface area contributed by atoms with Gasteiger partial charge in [0.15, 0.2) is 0 Å². The SMILES string of the molecule is Cc1cc(N)c2c(OC3CCC(NC(=O)CN4CCCC4)CC3)cccc2n1. The summed E-state index contributed by atoms with van der Waals surface area (Å²) in [5.74, 6) is 0.971. The maximum atomic E-state index is 12.2. The number of carbonyl (C=O) groups is 1. The number of anilines is 1.